The Morgan fingerprint density at radius 1 is 1.64 bits per heavy atom. The summed E-state index contributed by atoms with van der Waals surface area (Å²) in [6.45, 7) is 0.355. The lowest BCUT2D eigenvalue weighted by Gasteiger charge is -2.06. The second kappa shape index (κ2) is 3.95. The van der Waals surface area contributed by atoms with E-state index >= 15 is 0 Å². The average molecular weight is 224 g/mol. The molecule has 1 amide bonds. The van der Waals surface area contributed by atoms with Crippen LogP contribution in [0, 0.1) is 6.92 Å². The van der Waals surface area contributed by atoms with Crippen LogP contribution in [0.25, 0.3) is 0 Å². The smallest absolute Gasteiger partial charge is 0.342 e. The van der Waals surface area contributed by atoms with Crippen molar-refractivity contribution in [1.82, 2.24) is 10.3 Å². The van der Waals surface area contributed by atoms with E-state index in [2.05, 4.69) is 4.98 Å². The number of hydrogen-bond donors (Lipinski definition) is 1. The summed E-state index contributed by atoms with van der Waals surface area (Å²) in [4.78, 5) is 15.0. The molecule has 1 aromatic heterocycles. The van der Waals surface area contributed by atoms with Gasteiger partial charge in [0, 0.05) is 0 Å². The fraction of sp³-hybridized carbons (Fsp3) is 0.429. The molecule has 1 heterocycles. The van der Waals surface area contributed by atoms with Crippen molar-refractivity contribution in [3.8, 4) is 0 Å². The summed E-state index contributed by atoms with van der Waals surface area (Å²) in [5.74, 6) is -0.743. The first-order valence-electron chi connectivity index (χ1n) is 3.66. The van der Waals surface area contributed by atoms with Crippen LogP contribution in [-0.2, 0) is 0 Å². The molecular formula is C7H7F3N2OS. The van der Waals surface area contributed by atoms with Gasteiger partial charge < -0.3 is 5.32 Å². The number of aryl methyl sites for hydroxylation is 1. The summed E-state index contributed by atoms with van der Waals surface area (Å²) in [5, 5.41) is 2.40. The Labute approximate surface area is 82.0 Å². The van der Waals surface area contributed by atoms with Gasteiger partial charge >= 0.3 is 6.18 Å². The van der Waals surface area contributed by atoms with E-state index in [1.807, 2.05) is 0 Å². The molecule has 0 spiro atoms. The molecule has 0 aliphatic carbocycles. The van der Waals surface area contributed by atoms with E-state index in [0.29, 0.717) is 5.01 Å². The van der Waals surface area contributed by atoms with Gasteiger partial charge in [0.15, 0.2) is 0 Å². The third kappa shape index (κ3) is 3.33. The molecule has 1 rings (SSSR count). The molecule has 14 heavy (non-hydrogen) atoms. The normalized spacial score (nSPS) is 11.4. The maximum absolute atomic E-state index is 11.7. The molecular weight excluding hydrogens is 217 g/mol. The molecule has 78 valence electrons. The van der Waals surface area contributed by atoms with Crippen LogP contribution in [0.2, 0.25) is 0 Å². The predicted octanol–water partition coefficient (Wildman–Crippen LogP) is 1.74. The lowest BCUT2D eigenvalue weighted by atomic mass is 10.5. The van der Waals surface area contributed by atoms with Crippen molar-refractivity contribution in [3.63, 3.8) is 0 Å². The highest BCUT2D eigenvalue weighted by molar-refractivity contribution is 7.13. The van der Waals surface area contributed by atoms with Crippen molar-refractivity contribution in [2.45, 2.75) is 13.1 Å². The van der Waals surface area contributed by atoms with Gasteiger partial charge in [0.25, 0.3) is 5.91 Å². The molecule has 0 saturated heterocycles. The number of nitrogens with one attached hydrogen (secondary N) is 1. The number of rotatable bonds is 2. The van der Waals surface area contributed by atoms with Crippen molar-refractivity contribution < 1.29 is 18.0 Å². The molecule has 1 aromatic rings. The molecule has 0 aliphatic rings. The van der Waals surface area contributed by atoms with Crippen molar-refractivity contribution in [3.05, 3.63) is 16.1 Å². The highest BCUT2D eigenvalue weighted by Crippen LogP contribution is 2.14. The monoisotopic (exact) mass is 224 g/mol. The van der Waals surface area contributed by atoms with E-state index in [1.54, 1.807) is 12.2 Å². The SMILES string of the molecule is Cc1ncc(C(=O)NCC(F)(F)F)s1. The molecule has 0 bridgehead atoms. The van der Waals surface area contributed by atoms with Crippen molar-refractivity contribution in [1.29, 1.82) is 0 Å². The van der Waals surface area contributed by atoms with Crippen molar-refractivity contribution >= 4 is 17.2 Å². The maximum Gasteiger partial charge on any atom is 0.405 e. The molecule has 0 atom stereocenters. The van der Waals surface area contributed by atoms with E-state index < -0.39 is 18.6 Å². The highest BCUT2D eigenvalue weighted by atomic mass is 32.1. The lowest BCUT2D eigenvalue weighted by molar-refractivity contribution is -0.123. The van der Waals surface area contributed by atoms with Crippen LogP contribution in [0.4, 0.5) is 13.2 Å². The van der Waals surface area contributed by atoms with Crippen LogP contribution in [0.15, 0.2) is 6.20 Å². The standard InChI is InChI=1S/C7H7F3N2OS/c1-4-11-2-5(14-4)6(13)12-3-7(8,9)10/h2H,3H2,1H3,(H,12,13). The van der Waals surface area contributed by atoms with E-state index in [0.717, 1.165) is 11.3 Å². The third-order valence-corrected chi connectivity index (χ3v) is 2.21. The molecule has 0 unspecified atom stereocenters. The van der Waals surface area contributed by atoms with Gasteiger partial charge in [-0.1, -0.05) is 0 Å². The van der Waals surface area contributed by atoms with Crippen LogP contribution >= 0.6 is 11.3 Å². The number of carbonyl (C=O) groups is 1. The van der Waals surface area contributed by atoms with Crippen LogP contribution in [-0.4, -0.2) is 23.6 Å². The van der Waals surface area contributed by atoms with Gasteiger partial charge in [0.05, 0.1) is 11.2 Å². The van der Waals surface area contributed by atoms with Gasteiger partial charge in [-0.3, -0.25) is 4.79 Å². The highest BCUT2D eigenvalue weighted by Gasteiger charge is 2.28. The number of alkyl halides is 3. The topological polar surface area (TPSA) is 42.0 Å². The second-order valence-electron chi connectivity index (χ2n) is 2.54. The zero-order valence-electron chi connectivity index (χ0n) is 7.18. The molecule has 0 radical (unpaired) electrons. The quantitative estimate of drug-likeness (QED) is 0.831. The van der Waals surface area contributed by atoms with Crippen LogP contribution in [0.1, 0.15) is 14.7 Å². The number of aromatic nitrogens is 1. The molecule has 0 aliphatic heterocycles. The largest absolute Gasteiger partial charge is 0.405 e. The Balaban J connectivity index is 2.52. The molecule has 0 saturated carbocycles. The zero-order valence-corrected chi connectivity index (χ0v) is 8.00. The molecule has 0 fully saturated rings. The minimum atomic E-state index is -4.38. The van der Waals surface area contributed by atoms with Gasteiger partial charge in [-0.15, -0.1) is 11.3 Å². The summed E-state index contributed by atoms with van der Waals surface area (Å²) in [7, 11) is 0. The van der Waals surface area contributed by atoms with Crippen LogP contribution < -0.4 is 5.32 Å². The predicted molar refractivity (Wildman–Crippen MR) is 45.2 cm³/mol. The maximum atomic E-state index is 11.7. The minimum Gasteiger partial charge on any atom is -0.342 e. The summed E-state index contributed by atoms with van der Waals surface area (Å²) in [6, 6.07) is 0. The van der Waals surface area contributed by atoms with E-state index in [-0.39, 0.29) is 4.88 Å². The van der Waals surface area contributed by atoms with Crippen molar-refractivity contribution in [2.75, 3.05) is 6.54 Å². The van der Waals surface area contributed by atoms with Gasteiger partial charge in [0.1, 0.15) is 11.4 Å². The Kier molecular flexibility index (Phi) is 3.10. The number of carbonyl (C=O) groups excluding carboxylic acids is 1. The van der Waals surface area contributed by atoms with Gasteiger partial charge in [0.2, 0.25) is 0 Å². The van der Waals surface area contributed by atoms with Crippen molar-refractivity contribution in [2.24, 2.45) is 0 Å². The molecule has 3 nitrogen and oxygen atoms in total. The van der Waals surface area contributed by atoms with Gasteiger partial charge in [-0.25, -0.2) is 4.98 Å². The summed E-state index contributed by atoms with van der Waals surface area (Å²) in [5.41, 5.74) is 0. The first-order valence-corrected chi connectivity index (χ1v) is 4.47. The van der Waals surface area contributed by atoms with Gasteiger partial charge in [-0.2, -0.15) is 13.2 Å². The number of thiazole rings is 1. The fourth-order valence-electron chi connectivity index (χ4n) is 0.734. The van der Waals surface area contributed by atoms with E-state index in [1.165, 1.54) is 6.20 Å². The molecule has 0 aromatic carbocycles. The second-order valence-corrected chi connectivity index (χ2v) is 3.78. The number of nitrogens with zero attached hydrogens (tertiary/aromatic N) is 1. The Morgan fingerprint density at radius 2 is 2.29 bits per heavy atom. The van der Waals surface area contributed by atoms with Crippen LogP contribution in [0.3, 0.4) is 0 Å². The van der Waals surface area contributed by atoms with E-state index in [4.69, 9.17) is 0 Å². The fourth-order valence-corrected chi connectivity index (χ4v) is 1.43. The first kappa shape index (κ1) is 11.0. The Hall–Kier alpha value is -1.11. The average Bonchev–Trinajstić information content (AvgIpc) is 2.46. The number of amides is 1. The molecule has 7 heteroatoms. The Morgan fingerprint density at radius 3 is 2.71 bits per heavy atom. The number of halogens is 3. The lowest BCUT2D eigenvalue weighted by Crippen LogP contribution is -2.33. The zero-order chi connectivity index (χ0) is 10.8. The Bertz CT molecular complexity index is 334. The minimum absolute atomic E-state index is 0.187. The van der Waals surface area contributed by atoms with E-state index in [9.17, 15) is 18.0 Å². The third-order valence-electron chi connectivity index (χ3n) is 1.29. The summed E-state index contributed by atoms with van der Waals surface area (Å²) < 4.78 is 35.1. The molecule has 1 N–H and O–H groups in total. The van der Waals surface area contributed by atoms with Crippen LogP contribution in [0.5, 0.6) is 0 Å². The first-order chi connectivity index (χ1) is 6.38. The summed E-state index contributed by atoms with van der Waals surface area (Å²) in [6.07, 6.45) is -3.12. The summed E-state index contributed by atoms with van der Waals surface area (Å²) >= 11 is 1.06. The van der Waals surface area contributed by atoms with Gasteiger partial charge in [-0.05, 0) is 6.92 Å². The number of hydrogen-bond acceptors (Lipinski definition) is 3.